The number of hydrogen-bond donors (Lipinski definition) is 2. The Bertz CT molecular complexity index is 887. The molecule has 4 rings (SSSR count). The molecular weight excluding hydrogens is 376 g/mol. The lowest BCUT2D eigenvalue weighted by molar-refractivity contribution is -0.197. The summed E-state index contributed by atoms with van der Waals surface area (Å²) in [5, 5.41) is 5.80. The van der Waals surface area contributed by atoms with Gasteiger partial charge in [0, 0.05) is 13.6 Å². The Balaban J connectivity index is 1.76. The summed E-state index contributed by atoms with van der Waals surface area (Å²) in [5.74, 6) is -0.576. The smallest absolute Gasteiger partial charge is 0.252 e. The first kappa shape index (κ1) is 18.4. The van der Waals surface area contributed by atoms with Gasteiger partial charge >= 0.3 is 0 Å². The van der Waals surface area contributed by atoms with Gasteiger partial charge in [-0.1, -0.05) is 0 Å². The van der Waals surface area contributed by atoms with E-state index in [9.17, 15) is 4.79 Å². The van der Waals surface area contributed by atoms with Crippen molar-refractivity contribution in [2.45, 2.75) is 51.1 Å². The molecule has 0 unspecified atom stereocenters. The number of fused-ring (bicyclic) bond motifs is 2. The fraction of sp³-hybridized carbons (Fsp3) is 0.625. The maximum absolute atomic E-state index is 12.5. The second-order valence-electron chi connectivity index (χ2n) is 6.82. The predicted octanol–water partition coefficient (Wildman–Crippen LogP) is 1.07. The zero-order valence-corrected chi connectivity index (χ0v) is 16.1. The van der Waals surface area contributed by atoms with E-state index in [1.165, 1.54) is 0 Å². The number of rotatable bonds is 4. The molecule has 2 saturated heterocycles. The van der Waals surface area contributed by atoms with E-state index in [4.69, 9.17) is 25.8 Å². The Morgan fingerprint density at radius 2 is 2.07 bits per heavy atom. The summed E-state index contributed by atoms with van der Waals surface area (Å²) < 4.78 is 19.7. The van der Waals surface area contributed by atoms with Crippen LogP contribution in [0.5, 0.6) is 0 Å². The Labute approximate surface area is 160 Å². The van der Waals surface area contributed by atoms with E-state index in [2.05, 4.69) is 25.6 Å². The van der Waals surface area contributed by atoms with Gasteiger partial charge in [-0.05, 0) is 32.4 Å². The van der Waals surface area contributed by atoms with Crippen molar-refractivity contribution in [3.05, 3.63) is 11.6 Å². The monoisotopic (exact) mass is 396 g/mol. The molecule has 1 amide bonds. The van der Waals surface area contributed by atoms with Gasteiger partial charge in [-0.25, -0.2) is 4.98 Å². The summed E-state index contributed by atoms with van der Waals surface area (Å²) in [5.41, 5.74) is 1.02. The molecule has 11 heteroatoms. The van der Waals surface area contributed by atoms with Crippen molar-refractivity contribution in [2.75, 3.05) is 18.9 Å². The molecule has 2 aromatic heterocycles. The molecule has 4 heterocycles. The number of likely N-dealkylation sites (N-methyl/N-ethyl adjacent to an activating group) is 1. The Hall–Kier alpha value is -2.01. The van der Waals surface area contributed by atoms with Crippen LogP contribution in [0.2, 0.25) is 5.28 Å². The summed E-state index contributed by atoms with van der Waals surface area (Å²) in [6.45, 7) is 5.95. The lowest BCUT2D eigenvalue weighted by atomic mass is 10.1. The number of halogens is 1. The molecule has 0 bridgehead atoms. The van der Waals surface area contributed by atoms with Crippen LogP contribution in [0.25, 0.3) is 11.2 Å². The maximum atomic E-state index is 12.5. The molecule has 2 aliphatic rings. The summed E-state index contributed by atoms with van der Waals surface area (Å²) in [6, 6.07) is 0. The minimum atomic E-state index is -0.832. The highest BCUT2D eigenvalue weighted by atomic mass is 35.5. The largest absolute Gasteiger partial charge is 0.371 e. The molecule has 2 aromatic rings. The zero-order valence-electron chi connectivity index (χ0n) is 15.4. The summed E-state index contributed by atoms with van der Waals surface area (Å²) in [6.07, 6.45) is -0.926. The number of amides is 1. The van der Waals surface area contributed by atoms with Crippen molar-refractivity contribution < 1.29 is 19.0 Å². The second-order valence-corrected chi connectivity index (χ2v) is 7.16. The number of aromatic nitrogens is 4. The van der Waals surface area contributed by atoms with Gasteiger partial charge in [0.2, 0.25) is 5.28 Å². The van der Waals surface area contributed by atoms with Crippen LogP contribution in [0.15, 0.2) is 6.33 Å². The number of carbonyl (C=O) groups excluding carboxylic acids is 1. The fourth-order valence-electron chi connectivity index (χ4n) is 3.54. The van der Waals surface area contributed by atoms with Crippen LogP contribution in [0.4, 0.5) is 5.82 Å². The Morgan fingerprint density at radius 1 is 1.33 bits per heavy atom. The van der Waals surface area contributed by atoms with E-state index in [-0.39, 0.29) is 11.2 Å². The quantitative estimate of drug-likeness (QED) is 0.738. The molecule has 2 fully saturated rings. The molecule has 0 aromatic carbocycles. The molecule has 0 radical (unpaired) electrons. The molecule has 10 nitrogen and oxygen atoms in total. The van der Waals surface area contributed by atoms with Crippen LogP contribution in [0, 0.1) is 0 Å². The van der Waals surface area contributed by atoms with E-state index < -0.39 is 30.3 Å². The molecule has 2 N–H and O–H groups in total. The standard InChI is InChI=1S/C16H21ClN6O4/c1-5-19-13(24)9-8-10(27-16(2,3)26-8)14(25-9)23-6-20-7-11(18-4)21-15(17)22-12(7)23/h6,8-10,14H,5H2,1-4H3,(H,19,24)(H,18,21,22)/t8-,9+,10-,14-/m1/s1. The maximum Gasteiger partial charge on any atom is 0.252 e. The average Bonchev–Trinajstić information content (AvgIpc) is 3.24. The van der Waals surface area contributed by atoms with Gasteiger partial charge in [0.1, 0.15) is 12.2 Å². The van der Waals surface area contributed by atoms with Crippen LogP contribution in [-0.2, 0) is 19.0 Å². The van der Waals surface area contributed by atoms with Crippen molar-refractivity contribution in [2.24, 2.45) is 0 Å². The summed E-state index contributed by atoms with van der Waals surface area (Å²) in [4.78, 5) is 25.3. The molecule has 0 aliphatic carbocycles. The number of nitrogens with zero attached hydrogens (tertiary/aromatic N) is 4. The normalized spacial score (nSPS) is 29.1. The van der Waals surface area contributed by atoms with E-state index in [0.717, 1.165) is 0 Å². The highest BCUT2D eigenvalue weighted by Gasteiger charge is 2.58. The van der Waals surface area contributed by atoms with Gasteiger partial charge in [-0.3, -0.25) is 9.36 Å². The van der Waals surface area contributed by atoms with Crippen LogP contribution >= 0.6 is 11.6 Å². The molecule has 146 valence electrons. The van der Waals surface area contributed by atoms with Crippen molar-refractivity contribution in [3.8, 4) is 0 Å². The van der Waals surface area contributed by atoms with Gasteiger partial charge in [0.05, 0.1) is 6.33 Å². The molecule has 4 atom stereocenters. The Morgan fingerprint density at radius 3 is 2.78 bits per heavy atom. The molecular formula is C16H21ClN6O4. The molecule has 27 heavy (non-hydrogen) atoms. The van der Waals surface area contributed by atoms with E-state index in [0.29, 0.717) is 23.5 Å². The van der Waals surface area contributed by atoms with Gasteiger partial charge in [-0.2, -0.15) is 9.97 Å². The molecule has 0 spiro atoms. The third-order valence-electron chi connectivity index (χ3n) is 4.54. The van der Waals surface area contributed by atoms with Crippen LogP contribution in [0.3, 0.4) is 0 Å². The lowest BCUT2D eigenvalue weighted by Gasteiger charge is -2.24. The molecule has 0 saturated carbocycles. The Kier molecular flexibility index (Phi) is 4.46. The zero-order chi connectivity index (χ0) is 19.3. The predicted molar refractivity (Wildman–Crippen MR) is 96.3 cm³/mol. The third-order valence-corrected chi connectivity index (χ3v) is 4.71. The number of hydrogen-bond acceptors (Lipinski definition) is 8. The summed E-state index contributed by atoms with van der Waals surface area (Å²) >= 11 is 6.05. The highest BCUT2D eigenvalue weighted by Crippen LogP contribution is 2.44. The van der Waals surface area contributed by atoms with Crippen molar-refractivity contribution in [3.63, 3.8) is 0 Å². The van der Waals surface area contributed by atoms with E-state index in [1.807, 2.05) is 6.92 Å². The lowest BCUT2D eigenvalue weighted by Crippen LogP contribution is -2.42. The summed E-state index contributed by atoms with van der Waals surface area (Å²) in [7, 11) is 1.72. The van der Waals surface area contributed by atoms with Crippen molar-refractivity contribution in [1.82, 2.24) is 24.8 Å². The van der Waals surface area contributed by atoms with Gasteiger partial charge in [0.25, 0.3) is 5.91 Å². The van der Waals surface area contributed by atoms with E-state index in [1.54, 1.807) is 31.8 Å². The van der Waals surface area contributed by atoms with Crippen LogP contribution < -0.4 is 10.6 Å². The van der Waals surface area contributed by atoms with Gasteiger partial charge in [0.15, 0.2) is 35.1 Å². The first-order valence-electron chi connectivity index (χ1n) is 8.71. The topological polar surface area (TPSA) is 112 Å². The number of carbonyl (C=O) groups is 1. The minimum absolute atomic E-state index is 0.0762. The number of nitrogens with one attached hydrogen (secondary N) is 2. The minimum Gasteiger partial charge on any atom is -0.371 e. The fourth-order valence-corrected chi connectivity index (χ4v) is 3.70. The van der Waals surface area contributed by atoms with Crippen LogP contribution in [0.1, 0.15) is 27.0 Å². The second kappa shape index (κ2) is 6.55. The van der Waals surface area contributed by atoms with Crippen molar-refractivity contribution in [1.29, 1.82) is 0 Å². The number of ether oxygens (including phenoxy) is 3. The van der Waals surface area contributed by atoms with E-state index >= 15 is 0 Å². The average molecular weight is 397 g/mol. The first-order valence-corrected chi connectivity index (χ1v) is 9.09. The van der Waals surface area contributed by atoms with Gasteiger partial charge < -0.3 is 24.8 Å². The number of anilines is 1. The third kappa shape index (κ3) is 3.02. The first-order chi connectivity index (χ1) is 12.8. The van der Waals surface area contributed by atoms with Crippen molar-refractivity contribution >= 4 is 34.5 Å². The highest BCUT2D eigenvalue weighted by molar-refractivity contribution is 6.28. The van der Waals surface area contributed by atoms with Crippen LogP contribution in [-0.4, -0.2) is 63.1 Å². The van der Waals surface area contributed by atoms with Gasteiger partial charge in [-0.15, -0.1) is 0 Å². The SMILES string of the molecule is CCNC(=O)[C@H]1O[C@@H](n2cnc3c(NC)nc(Cl)nc32)[C@@H]2OC(C)(C)O[C@@H]21. The number of imidazole rings is 1. The molecule has 2 aliphatic heterocycles.